The van der Waals surface area contributed by atoms with Gasteiger partial charge in [0, 0.05) is 17.0 Å². The highest BCUT2D eigenvalue weighted by Gasteiger charge is 2.09. The Morgan fingerprint density at radius 3 is 2.67 bits per heavy atom. The molecule has 0 aliphatic rings. The average Bonchev–Trinajstić information content (AvgIpc) is 1.99. The van der Waals surface area contributed by atoms with Crippen molar-refractivity contribution in [3.8, 4) is 0 Å². The van der Waals surface area contributed by atoms with Gasteiger partial charge in [0.1, 0.15) is 0 Å². The quantitative estimate of drug-likeness (QED) is 0.664. The van der Waals surface area contributed by atoms with Crippen LogP contribution in [0.15, 0.2) is 0 Å². The van der Waals surface area contributed by atoms with Gasteiger partial charge < -0.3 is 10.8 Å². The lowest BCUT2D eigenvalue weighted by molar-refractivity contribution is -0.136. The van der Waals surface area contributed by atoms with E-state index in [1.807, 2.05) is 13.8 Å². The number of nitrogens with two attached hydrogens (primary N) is 1. The van der Waals surface area contributed by atoms with Gasteiger partial charge in [-0.1, -0.05) is 13.8 Å². The summed E-state index contributed by atoms with van der Waals surface area (Å²) >= 11 is 1.63. The summed E-state index contributed by atoms with van der Waals surface area (Å²) in [7, 11) is 0. The molecule has 0 bridgehead atoms. The summed E-state index contributed by atoms with van der Waals surface area (Å²) < 4.78 is 0. The molecule has 0 aliphatic carbocycles. The second-order valence-corrected chi connectivity index (χ2v) is 4.38. The predicted octanol–water partition coefficient (Wildman–Crippen LogP) is 1.32. The Hall–Kier alpha value is -0.220. The molecule has 0 aromatic heterocycles. The fraction of sp³-hybridized carbons (Fsp3) is 0.875. The number of hydrogen-bond acceptors (Lipinski definition) is 3. The van der Waals surface area contributed by atoms with Crippen LogP contribution in [0, 0.1) is 0 Å². The smallest absolute Gasteiger partial charge is 0.304 e. The second-order valence-electron chi connectivity index (χ2n) is 2.91. The van der Waals surface area contributed by atoms with E-state index in [2.05, 4.69) is 0 Å². The minimum Gasteiger partial charge on any atom is -0.481 e. The normalized spacial score (nSPS) is 15.6. The highest BCUT2D eigenvalue weighted by atomic mass is 32.2. The average molecular weight is 191 g/mol. The van der Waals surface area contributed by atoms with Crippen LogP contribution in [0.25, 0.3) is 0 Å². The molecule has 0 saturated carbocycles. The van der Waals surface area contributed by atoms with Gasteiger partial charge in [-0.15, -0.1) is 0 Å². The van der Waals surface area contributed by atoms with Crippen LogP contribution in [0.2, 0.25) is 0 Å². The molecule has 0 fully saturated rings. The number of rotatable bonds is 6. The lowest BCUT2D eigenvalue weighted by Gasteiger charge is -2.11. The van der Waals surface area contributed by atoms with Crippen LogP contribution in [0.5, 0.6) is 0 Å². The maximum absolute atomic E-state index is 10.3. The first-order valence-electron chi connectivity index (χ1n) is 4.15. The van der Waals surface area contributed by atoms with Crippen molar-refractivity contribution in [2.75, 3.05) is 5.75 Å². The van der Waals surface area contributed by atoms with E-state index in [9.17, 15) is 4.79 Å². The van der Waals surface area contributed by atoms with Gasteiger partial charge >= 0.3 is 5.97 Å². The SMILES string of the molecule is CCC(N)CSC(C)CC(=O)O. The molecule has 3 nitrogen and oxygen atoms in total. The van der Waals surface area contributed by atoms with Crippen molar-refractivity contribution in [2.24, 2.45) is 5.73 Å². The Morgan fingerprint density at radius 2 is 2.25 bits per heavy atom. The van der Waals surface area contributed by atoms with Crippen molar-refractivity contribution < 1.29 is 9.90 Å². The molecule has 0 saturated heterocycles. The van der Waals surface area contributed by atoms with Crippen LogP contribution in [0.3, 0.4) is 0 Å². The van der Waals surface area contributed by atoms with Crippen LogP contribution >= 0.6 is 11.8 Å². The largest absolute Gasteiger partial charge is 0.481 e. The summed E-state index contributed by atoms with van der Waals surface area (Å²) in [5, 5.41) is 8.63. The van der Waals surface area contributed by atoms with Crippen LogP contribution in [-0.2, 0) is 4.79 Å². The van der Waals surface area contributed by atoms with Crippen molar-refractivity contribution in [1.82, 2.24) is 0 Å². The van der Waals surface area contributed by atoms with E-state index >= 15 is 0 Å². The summed E-state index contributed by atoms with van der Waals surface area (Å²) in [5.74, 6) is 0.116. The van der Waals surface area contributed by atoms with Crippen molar-refractivity contribution in [3.63, 3.8) is 0 Å². The van der Waals surface area contributed by atoms with Gasteiger partial charge in [0.15, 0.2) is 0 Å². The number of aliphatic carboxylic acids is 1. The topological polar surface area (TPSA) is 63.3 Å². The zero-order valence-electron chi connectivity index (χ0n) is 7.62. The molecule has 0 aromatic carbocycles. The third-order valence-corrected chi connectivity index (χ3v) is 2.94. The highest BCUT2D eigenvalue weighted by molar-refractivity contribution is 7.99. The van der Waals surface area contributed by atoms with E-state index in [-0.39, 0.29) is 17.7 Å². The van der Waals surface area contributed by atoms with Gasteiger partial charge in [-0.3, -0.25) is 4.79 Å². The lowest BCUT2D eigenvalue weighted by Crippen LogP contribution is -2.23. The first kappa shape index (κ1) is 11.8. The molecule has 2 unspecified atom stereocenters. The fourth-order valence-corrected chi connectivity index (χ4v) is 1.78. The Bertz CT molecular complexity index is 141. The Morgan fingerprint density at radius 1 is 1.67 bits per heavy atom. The summed E-state index contributed by atoms with van der Waals surface area (Å²) in [6.45, 7) is 3.95. The summed E-state index contributed by atoms with van der Waals surface area (Å²) in [4.78, 5) is 10.3. The molecule has 0 radical (unpaired) electrons. The van der Waals surface area contributed by atoms with E-state index in [0.29, 0.717) is 0 Å². The lowest BCUT2D eigenvalue weighted by atomic mass is 10.3. The minimum absolute atomic E-state index is 0.167. The molecule has 0 aliphatic heterocycles. The Balaban J connectivity index is 3.43. The molecule has 72 valence electrons. The molecule has 4 heteroatoms. The molecule has 0 rings (SSSR count). The summed E-state index contributed by atoms with van der Waals surface area (Å²) in [6.07, 6.45) is 1.17. The molecule has 2 atom stereocenters. The Labute approximate surface area is 77.7 Å². The number of carboxylic acid groups (broad SMARTS) is 1. The van der Waals surface area contributed by atoms with Crippen molar-refractivity contribution in [3.05, 3.63) is 0 Å². The van der Waals surface area contributed by atoms with E-state index in [0.717, 1.165) is 12.2 Å². The number of carbonyl (C=O) groups is 1. The Kier molecular flexibility index (Phi) is 6.20. The van der Waals surface area contributed by atoms with E-state index in [4.69, 9.17) is 10.8 Å². The maximum Gasteiger partial charge on any atom is 0.304 e. The van der Waals surface area contributed by atoms with Gasteiger partial charge in [0.25, 0.3) is 0 Å². The molecule has 0 spiro atoms. The van der Waals surface area contributed by atoms with Gasteiger partial charge in [0.2, 0.25) is 0 Å². The predicted molar refractivity (Wildman–Crippen MR) is 52.4 cm³/mol. The van der Waals surface area contributed by atoms with Gasteiger partial charge in [-0.2, -0.15) is 11.8 Å². The monoisotopic (exact) mass is 191 g/mol. The molecular weight excluding hydrogens is 174 g/mol. The first-order chi connectivity index (χ1) is 5.56. The number of hydrogen-bond donors (Lipinski definition) is 2. The van der Waals surface area contributed by atoms with E-state index < -0.39 is 5.97 Å². The molecule has 0 amide bonds. The standard InChI is InChI=1S/C8H17NO2S/c1-3-7(9)5-12-6(2)4-8(10)11/h6-7H,3-5,9H2,1-2H3,(H,10,11). The molecule has 0 aromatic rings. The number of thioether (sulfide) groups is 1. The second kappa shape index (κ2) is 6.31. The van der Waals surface area contributed by atoms with Crippen LogP contribution in [0.1, 0.15) is 26.7 Å². The third-order valence-electron chi connectivity index (χ3n) is 1.58. The van der Waals surface area contributed by atoms with Gasteiger partial charge in [0.05, 0.1) is 6.42 Å². The molecule has 12 heavy (non-hydrogen) atoms. The number of carboxylic acids is 1. The van der Waals surface area contributed by atoms with Crippen LogP contribution in [-0.4, -0.2) is 28.1 Å². The van der Waals surface area contributed by atoms with Crippen molar-refractivity contribution in [2.45, 2.75) is 38.0 Å². The summed E-state index contributed by atoms with van der Waals surface area (Å²) in [5.41, 5.74) is 5.68. The molecule has 3 N–H and O–H groups in total. The van der Waals surface area contributed by atoms with Gasteiger partial charge in [-0.25, -0.2) is 0 Å². The zero-order chi connectivity index (χ0) is 9.56. The highest BCUT2D eigenvalue weighted by Crippen LogP contribution is 2.15. The first-order valence-corrected chi connectivity index (χ1v) is 5.20. The zero-order valence-corrected chi connectivity index (χ0v) is 8.43. The van der Waals surface area contributed by atoms with Crippen LogP contribution in [0.4, 0.5) is 0 Å². The van der Waals surface area contributed by atoms with Gasteiger partial charge in [-0.05, 0) is 6.42 Å². The fourth-order valence-electron chi connectivity index (χ4n) is 0.711. The third kappa shape index (κ3) is 6.49. The summed E-state index contributed by atoms with van der Waals surface area (Å²) in [6, 6.07) is 0.200. The van der Waals surface area contributed by atoms with Crippen LogP contribution < -0.4 is 5.73 Å². The van der Waals surface area contributed by atoms with Crippen molar-refractivity contribution in [1.29, 1.82) is 0 Å². The van der Waals surface area contributed by atoms with Crippen molar-refractivity contribution >= 4 is 17.7 Å². The molecular formula is C8H17NO2S. The maximum atomic E-state index is 10.3. The van der Waals surface area contributed by atoms with E-state index in [1.54, 1.807) is 11.8 Å². The van der Waals surface area contributed by atoms with E-state index in [1.165, 1.54) is 0 Å². The minimum atomic E-state index is -0.736. The molecule has 0 heterocycles.